The van der Waals surface area contributed by atoms with Crippen molar-refractivity contribution in [2.24, 2.45) is 0 Å². The van der Waals surface area contributed by atoms with Gasteiger partial charge in [-0.05, 0) is 50.2 Å². The topological polar surface area (TPSA) is 21.3 Å². The fraction of sp³-hybridized carbons (Fsp3) is 0.733. The number of aryl methyl sites for hydroxylation is 2. The van der Waals surface area contributed by atoms with Crippen LogP contribution in [0.4, 0.5) is 0 Å². The minimum Gasteiger partial charge on any atom is -0.377 e. The second kappa shape index (κ2) is 6.18. The average molecular weight is 265 g/mol. The summed E-state index contributed by atoms with van der Waals surface area (Å²) in [6.45, 7) is 3.00. The number of rotatable bonds is 4. The van der Waals surface area contributed by atoms with Crippen LogP contribution >= 0.6 is 11.3 Å². The van der Waals surface area contributed by atoms with Crippen LogP contribution in [-0.4, -0.2) is 19.3 Å². The van der Waals surface area contributed by atoms with Gasteiger partial charge in [0.1, 0.15) is 0 Å². The van der Waals surface area contributed by atoms with Gasteiger partial charge in [0.05, 0.1) is 6.10 Å². The summed E-state index contributed by atoms with van der Waals surface area (Å²) >= 11 is 2.03. The first-order chi connectivity index (χ1) is 8.92. The first-order valence-electron chi connectivity index (χ1n) is 7.34. The molecule has 1 aromatic rings. The Kier molecular flexibility index (Phi) is 4.34. The first kappa shape index (κ1) is 12.6. The number of hydrogen-bond acceptors (Lipinski definition) is 3. The monoisotopic (exact) mass is 265 g/mol. The van der Waals surface area contributed by atoms with E-state index >= 15 is 0 Å². The lowest BCUT2D eigenvalue weighted by atomic mass is 10.1. The molecular formula is C15H23NOS. The van der Waals surface area contributed by atoms with Crippen molar-refractivity contribution in [2.75, 3.05) is 13.2 Å². The molecule has 1 saturated heterocycles. The Morgan fingerprint density at radius 3 is 3.06 bits per heavy atom. The SMILES string of the molecule is c1c(CNCC2CCCO2)sc2c1CCCCC2. The molecule has 0 bridgehead atoms. The molecule has 0 saturated carbocycles. The van der Waals surface area contributed by atoms with Crippen LogP contribution in [0.5, 0.6) is 0 Å². The van der Waals surface area contributed by atoms with Crippen LogP contribution in [-0.2, 0) is 24.1 Å². The molecule has 2 heterocycles. The summed E-state index contributed by atoms with van der Waals surface area (Å²) in [5.74, 6) is 0. The number of thiophene rings is 1. The molecule has 3 rings (SSSR count). The van der Waals surface area contributed by atoms with Gasteiger partial charge in [0.2, 0.25) is 0 Å². The van der Waals surface area contributed by atoms with Gasteiger partial charge < -0.3 is 10.1 Å². The van der Waals surface area contributed by atoms with Crippen LogP contribution in [0.15, 0.2) is 6.07 Å². The Morgan fingerprint density at radius 1 is 1.22 bits per heavy atom. The summed E-state index contributed by atoms with van der Waals surface area (Å²) in [4.78, 5) is 3.17. The molecule has 18 heavy (non-hydrogen) atoms. The molecule has 2 aliphatic rings. The molecule has 0 amide bonds. The highest BCUT2D eigenvalue weighted by molar-refractivity contribution is 7.12. The van der Waals surface area contributed by atoms with E-state index in [1.807, 2.05) is 11.3 Å². The lowest BCUT2D eigenvalue weighted by Crippen LogP contribution is -2.25. The van der Waals surface area contributed by atoms with Crippen molar-refractivity contribution >= 4 is 11.3 Å². The van der Waals surface area contributed by atoms with E-state index in [-0.39, 0.29) is 0 Å². The van der Waals surface area contributed by atoms with Gasteiger partial charge in [-0.15, -0.1) is 11.3 Å². The molecule has 1 unspecified atom stereocenters. The Labute approximate surface area is 114 Å². The van der Waals surface area contributed by atoms with Gasteiger partial charge in [-0.1, -0.05) is 6.42 Å². The maximum atomic E-state index is 5.63. The van der Waals surface area contributed by atoms with E-state index in [1.165, 1.54) is 49.8 Å². The standard InChI is InChI=1S/C15H23NOS/c1-2-5-12-9-14(18-15(12)7-3-1)11-16-10-13-6-4-8-17-13/h9,13,16H,1-8,10-11H2. The molecule has 1 atom stereocenters. The van der Waals surface area contributed by atoms with E-state index < -0.39 is 0 Å². The predicted molar refractivity (Wildman–Crippen MR) is 76.3 cm³/mol. The van der Waals surface area contributed by atoms with Crippen molar-refractivity contribution in [1.82, 2.24) is 5.32 Å². The normalized spacial score (nSPS) is 23.9. The van der Waals surface area contributed by atoms with E-state index in [0.29, 0.717) is 6.10 Å². The zero-order valence-electron chi connectivity index (χ0n) is 11.0. The molecule has 100 valence electrons. The summed E-state index contributed by atoms with van der Waals surface area (Å²) in [6, 6.07) is 2.44. The van der Waals surface area contributed by atoms with E-state index in [4.69, 9.17) is 4.74 Å². The van der Waals surface area contributed by atoms with Gasteiger partial charge in [-0.25, -0.2) is 0 Å². The molecule has 1 N–H and O–H groups in total. The van der Waals surface area contributed by atoms with E-state index in [1.54, 1.807) is 10.4 Å². The van der Waals surface area contributed by atoms with Crippen molar-refractivity contribution in [3.8, 4) is 0 Å². The summed E-state index contributed by atoms with van der Waals surface area (Å²) in [7, 11) is 0. The van der Waals surface area contributed by atoms with Gasteiger partial charge in [0.25, 0.3) is 0 Å². The largest absolute Gasteiger partial charge is 0.377 e. The van der Waals surface area contributed by atoms with Crippen LogP contribution in [0.25, 0.3) is 0 Å². The molecule has 3 heteroatoms. The first-order valence-corrected chi connectivity index (χ1v) is 8.16. The third-order valence-electron chi connectivity index (χ3n) is 3.99. The van der Waals surface area contributed by atoms with Crippen LogP contribution in [0.1, 0.15) is 47.4 Å². The fourth-order valence-electron chi connectivity index (χ4n) is 2.98. The zero-order chi connectivity index (χ0) is 12.2. The summed E-state index contributed by atoms with van der Waals surface area (Å²) in [5, 5.41) is 3.55. The molecule has 0 radical (unpaired) electrons. The van der Waals surface area contributed by atoms with Crippen molar-refractivity contribution in [1.29, 1.82) is 0 Å². The summed E-state index contributed by atoms with van der Waals surface area (Å²) in [5.41, 5.74) is 1.63. The minimum atomic E-state index is 0.461. The van der Waals surface area contributed by atoms with Crippen molar-refractivity contribution in [3.05, 3.63) is 21.4 Å². The second-order valence-electron chi connectivity index (χ2n) is 5.49. The highest BCUT2D eigenvalue weighted by Gasteiger charge is 2.15. The Bertz CT molecular complexity index is 358. The van der Waals surface area contributed by atoms with Gasteiger partial charge in [-0.3, -0.25) is 0 Å². The van der Waals surface area contributed by atoms with Gasteiger partial charge in [-0.2, -0.15) is 0 Å². The smallest absolute Gasteiger partial charge is 0.0700 e. The number of fused-ring (bicyclic) bond motifs is 1. The maximum absolute atomic E-state index is 5.63. The minimum absolute atomic E-state index is 0.461. The molecule has 1 aromatic heterocycles. The third-order valence-corrected chi connectivity index (χ3v) is 5.23. The second-order valence-corrected chi connectivity index (χ2v) is 6.71. The fourth-order valence-corrected chi connectivity index (χ4v) is 4.21. The average Bonchev–Trinajstić information content (AvgIpc) is 2.96. The number of nitrogens with one attached hydrogen (secondary N) is 1. The Hall–Kier alpha value is -0.380. The lowest BCUT2D eigenvalue weighted by Gasteiger charge is -2.09. The molecule has 1 aliphatic heterocycles. The molecule has 0 aromatic carbocycles. The molecule has 1 aliphatic carbocycles. The van der Waals surface area contributed by atoms with E-state index in [0.717, 1.165) is 19.7 Å². The van der Waals surface area contributed by atoms with Crippen LogP contribution < -0.4 is 5.32 Å². The Morgan fingerprint density at radius 2 is 2.17 bits per heavy atom. The quantitative estimate of drug-likeness (QED) is 0.844. The van der Waals surface area contributed by atoms with Crippen LogP contribution in [0.3, 0.4) is 0 Å². The van der Waals surface area contributed by atoms with Crippen molar-refractivity contribution in [2.45, 2.75) is 57.6 Å². The zero-order valence-corrected chi connectivity index (χ0v) is 11.9. The summed E-state index contributed by atoms with van der Waals surface area (Å²) < 4.78 is 5.63. The number of hydrogen-bond donors (Lipinski definition) is 1. The summed E-state index contributed by atoms with van der Waals surface area (Å²) in [6.07, 6.45) is 9.72. The van der Waals surface area contributed by atoms with Crippen molar-refractivity contribution in [3.63, 3.8) is 0 Å². The van der Waals surface area contributed by atoms with E-state index in [2.05, 4.69) is 11.4 Å². The Balaban J connectivity index is 1.50. The highest BCUT2D eigenvalue weighted by atomic mass is 32.1. The van der Waals surface area contributed by atoms with Crippen molar-refractivity contribution < 1.29 is 4.74 Å². The third kappa shape index (κ3) is 3.14. The van der Waals surface area contributed by atoms with Crippen LogP contribution in [0, 0.1) is 0 Å². The van der Waals surface area contributed by atoms with Gasteiger partial charge >= 0.3 is 0 Å². The molecular weight excluding hydrogens is 242 g/mol. The lowest BCUT2D eigenvalue weighted by molar-refractivity contribution is 0.110. The van der Waals surface area contributed by atoms with Gasteiger partial charge in [0.15, 0.2) is 0 Å². The maximum Gasteiger partial charge on any atom is 0.0700 e. The van der Waals surface area contributed by atoms with Crippen LogP contribution in [0.2, 0.25) is 0 Å². The molecule has 2 nitrogen and oxygen atoms in total. The molecule has 0 spiro atoms. The van der Waals surface area contributed by atoms with E-state index in [9.17, 15) is 0 Å². The highest BCUT2D eigenvalue weighted by Crippen LogP contribution is 2.28. The molecule has 1 fully saturated rings. The number of ether oxygens (including phenoxy) is 1. The van der Waals surface area contributed by atoms with Gasteiger partial charge in [0, 0.05) is 29.5 Å². The predicted octanol–water partition coefficient (Wildman–Crippen LogP) is 3.29.